The standard InChI is InChI=1S/C17H19N3O3/c1-20(2)14-10-9-13(11-18-14)16(21)19-15(17(22)23-3)12-7-5-4-6-8-12/h4-11,15H,1-3H3,(H,19,21). The Bertz CT molecular complexity index is 669. The molecule has 6 nitrogen and oxygen atoms in total. The predicted molar refractivity (Wildman–Crippen MR) is 87.2 cm³/mol. The molecule has 1 unspecified atom stereocenters. The molecule has 1 heterocycles. The largest absolute Gasteiger partial charge is 0.467 e. The molecule has 1 amide bonds. The number of amides is 1. The zero-order valence-corrected chi connectivity index (χ0v) is 13.3. The summed E-state index contributed by atoms with van der Waals surface area (Å²) in [5, 5.41) is 2.68. The van der Waals surface area contributed by atoms with E-state index < -0.39 is 12.0 Å². The van der Waals surface area contributed by atoms with Crippen molar-refractivity contribution in [3.8, 4) is 0 Å². The van der Waals surface area contributed by atoms with Gasteiger partial charge < -0.3 is 15.0 Å². The minimum absolute atomic E-state index is 0.375. The number of nitrogens with one attached hydrogen (secondary N) is 1. The number of hydrogen-bond donors (Lipinski definition) is 1. The molecule has 0 aliphatic carbocycles. The predicted octanol–water partition coefficient (Wildman–Crippen LogP) is 1.79. The van der Waals surface area contributed by atoms with Crippen LogP contribution in [-0.2, 0) is 9.53 Å². The van der Waals surface area contributed by atoms with Gasteiger partial charge in [0.05, 0.1) is 12.7 Å². The van der Waals surface area contributed by atoms with Crippen LogP contribution in [0.5, 0.6) is 0 Å². The van der Waals surface area contributed by atoms with Gasteiger partial charge in [0.2, 0.25) is 0 Å². The van der Waals surface area contributed by atoms with Crippen molar-refractivity contribution in [2.24, 2.45) is 0 Å². The maximum absolute atomic E-state index is 12.4. The molecule has 1 aromatic carbocycles. The first kappa shape index (κ1) is 16.5. The number of esters is 1. The molecule has 0 saturated carbocycles. The quantitative estimate of drug-likeness (QED) is 0.852. The summed E-state index contributed by atoms with van der Waals surface area (Å²) in [6.45, 7) is 0. The van der Waals surface area contributed by atoms with Crippen molar-refractivity contribution in [2.75, 3.05) is 26.1 Å². The summed E-state index contributed by atoms with van der Waals surface area (Å²) in [5.74, 6) is -0.168. The summed E-state index contributed by atoms with van der Waals surface area (Å²) < 4.78 is 4.78. The average molecular weight is 313 g/mol. The number of rotatable bonds is 5. The Hall–Kier alpha value is -2.89. The maximum Gasteiger partial charge on any atom is 0.333 e. The highest BCUT2D eigenvalue weighted by atomic mass is 16.5. The Morgan fingerprint density at radius 3 is 2.35 bits per heavy atom. The number of benzene rings is 1. The van der Waals surface area contributed by atoms with E-state index in [0.29, 0.717) is 11.1 Å². The van der Waals surface area contributed by atoms with E-state index in [9.17, 15) is 9.59 Å². The van der Waals surface area contributed by atoms with Gasteiger partial charge in [-0.3, -0.25) is 4.79 Å². The van der Waals surface area contributed by atoms with Gasteiger partial charge in [0, 0.05) is 20.3 Å². The third-order valence-electron chi connectivity index (χ3n) is 3.31. The molecule has 0 aliphatic rings. The normalized spacial score (nSPS) is 11.4. The van der Waals surface area contributed by atoms with Crippen LogP contribution in [0.25, 0.3) is 0 Å². The second-order valence-electron chi connectivity index (χ2n) is 5.14. The number of carbonyl (C=O) groups excluding carboxylic acids is 2. The van der Waals surface area contributed by atoms with Crippen LogP contribution in [0.2, 0.25) is 0 Å². The fourth-order valence-electron chi connectivity index (χ4n) is 2.04. The smallest absolute Gasteiger partial charge is 0.333 e. The topological polar surface area (TPSA) is 71.5 Å². The Morgan fingerprint density at radius 2 is 1.83 bits per heavy atom. The minimum atomic E-state index is -0.859. The minimum Gasteiger partial charge on any atom is -0.467 e. The summed E-state index contributed by atoms with van der Waals surface area (Å²) >= 11 is 0. The zero-order valence-electron chi connectivity index (χ0n) is 13.3. The number of hydrogen-bond acceptors (Lipinski definition) is 5. The molecular formula is C17H19N3O3. The lowest BCUT2D eigenvalue weighted by molar-refractivity contribution is -0.143. The molecule has 0 radical (unpaired) electrons. The van der Waals surface area contributed by atoms with E-state index in [2.05, 4.69) is 10.3 Å². The summed E-state index contributed by atoms with van der Waals surface area (Å²) in [6.07, 6.45) is 1.48. The van der Waals surface area contributed by atoms with Crippen LogP contribution in [0.3, 0.4) is 0 Å². The van der Waals surface area contributed by atoms with E-state index in [4.69, 9.17) is 4.74 Å². The van der Waals surface area contributed by atoms with Gasteiger partial charge in [-0.05, 0) is 17.7 Å². The summed E-state index contributed by atoms with van der Waals surface area (Å²) in [5.41, 5.74) is 1.03. The van der Waals surface area contributed by atoms with Crippen LogP contribution < -0.4 is 10.2 Å². The van der Waals surface area contributed by atoms with E-state index >= 15 is 0 Å². The molecule has 120 valence electrons. The fraction of sp³-hybridized carbons (Fsp3) is 0.235. The summed E-state index contributed by atoms with van der Waals surface area (Å²) in [4.78, 5) is 30.4. The Kier molecular flexibility index (Phi) is 5.30. The second kappa shape index (κ2) is 7.40. The van der Waals surface area contributed by atoms with Gasteiger partial charge in [0.25, 0.3) is 5.91 Å². The van der Waals surface area contributed by atoms with Crippen LogP contribution in [0.1, 0.15) is 22.0 Å². The van der Waals surface area contributed by atoms with Crippen LogP contribution in [-0.4, -0.2) is 38.1 Å². The lowest BCUT2D eigenvalue weighted by Crippen LogP contribution is -2.34. The molecule has 0 saturated heterocycles. The molecule has 2 aromatic rings. The highest BCUT2D eigenvalue weighted by Crippen LogP contribution is 2.15. The molecule has 1 atom stereocenters. The molecule has 1 N–H and O–H groups in total. The first-order chi connectivity index (χ1) is 11.0. The molecule has 2 rings (SSSR count). The van der Waals surface area contributed by atoms with Crippen LogP contribution in [0.4, 0.5) is 5.82 Å². The molecular weight excluding hydrogens is 294 g/mol. The highest BCUT2D eigenvalue weighted by Gasteiger charge is 2.24. The second-order valence-corrected chi connectivity index (χ2v) is 5.14. The number of nitrogens with zero attached hydrogens (tertiary/aromatic N) is 2. The van der Waals surface area contributed by atoms with Crippen molar-refractivity contribution in [3.63, 3.8) is 0 Å². The van der Waals surface area contributed by atoms with E-state index in [0.717, 1.165) is 5.82 Å². The third kappa shape index (κ3) is 4.06. The van der Waals surface area contributed by atoms with Crippen molar-refractivity contribution in [1.29, 1.82) is 0 Å². The molecule has 0 fully saturated rings. The van der Waals surface area contributed by atoms with Crippen LogP contribution in [0, 0.1) is 0 Å². The maximum atomic E-state index is 12.4. The van der Waals surface area contributed by atoms with Crippen molar-refractivity contribution < 1.29 is 14.3 Å². The lowest BCUT2D eigenvalue weighted by atomic mass is 10.1. The molecule has 23 heavy (non-hydrogen) atoms. The zero-order chi connectivity index (χ0) is 16.8. The summed E-state index contributed by atoms with van der Waals surface area (Å²) in [7, 11) is 5.02. The fourth-order valence-corrected chi connectivity index (χ4v) is 2.04. The molecule has 0 aliphatic heterocycles. The van der Waals surface area contributed by atoms with Gasteiger partial charge in [0.15, 0.2) is 6.04 Å². The average Bonchev–Trinajstić information content (AvgIpc) is 2.59. The van der Waals surface area contributed by atoms with E-state index in [1.807, 2.05) is 25.1 Å². The number of anilines is 1. The molecule has 6 heteroatoms. The molecule has 0 bridgehead atoms. The number of ether oxygens (including phenoxy) is 1. The highest BCUT2D eigenvalue weighted by molar-refractivity contribution is 5.96. The Balaban J connectivity index is 2.19. The van der Waals surface area contributed by atoms with Crippen LogP contribution >= 0.6 is 0 Å². The van der Waals surface area contributed by atoms with Gasteiger partial charge in [-0.2, -0.15) is 0 Å². The van der Waals surface area contributed by atoms with E-state index in [-0.39, 0.29) is 5.91 Å². The van der Waals surface area contributed by atoms with Gasteiger partial charge >= 0.3 is 5.97 Å². The monoisotopic (exact) mass is 313 g/mol. The van der Waals surface area contributed by atoms with E-state index in [1.54, 1.807) is 36.4 Å². The number of pyridine rings is 1. The number of aromatic nitrogens is 1. The van der Waals surface area contributed by atoms with Gasteiger partial charge in [-0.1, -0.05) is 30.3 Å². The molecule has 0 spiro atoms. The Morgan fingerprint density at radius 1 is 1.13 bits per heavy atom. The first-order valence-electron chi connectivity index (χ1n) is 7.10. The third-order valence-corrected chi connectivity index (χ3v) is 3.31. The SMILES string of the molecule is COC(=O)C(NC(=O)c1ccc(N(C)C)nc1)c1ccccc1. The molecule has 1 aromatic heterocycles. The Labute approximate surface area is 135 Å². The lowest BCUT2D eigenvalue weighted by Gasteiger charge is -2.17. The van der Waals surface area contributed by atoms with Crippen LogP contribution in [0.15, 0.2) is 48.7 Å². The van der Waals surface area contributed by atoms with Crippen molar-refractivity contribution in [2.45, 2.75) is 6.04 Å². The van der Waals surface area contributed by atoms with Crippen molar-refractivity contribution in [3.05, 3.63) is 59.8 Å². The van der Waals surface area contributed by atoms with Gasteiger partial charge in [0.1, 0.15) is 5.82 Å². The van der Waals surface area contributed by atoms with Gasteiger partial charge in [-0.25, -0.2) is 9.78 Å². The van der Waals surface area contributed by atoms with Crippen molar-refractivity contribution in [1.82, 2.24) is 10.3 Å². The number of methoxy groups -OCH3 is 1. The van der Waals surface area contributed by atoms with E-state index in [1.165, 1.54) is 13.3 Å². The van der Waals surface area contributed by atoms with Gasteiger partial charge in [-0.15, -0.1) is 0 Å². The van der Waals surface area contributed by atoms with Crippen molar-refractivity contribution >= 4 is 17.7 Å². The summed E-state index contributed by atoms with van der Waals surface area (Å²) in [6, 6.07) is 11.5. The first-order valence-corrected chi connectivity index (χ1v) is 7.10. The number of carbonyl (C=O) groups is 2.